The molecule has 0 aliphatic carbocycles. The maximum absolute atomic E-state index is 12.4. The van der Waals surface area contributed by atoms with Crippen molar-refractivity contribution in [2.24, 2.45) is 0 Å². The van der Waals surface area contributed by atoms with Crippen LogP contribution in [0.15, 0.2) is 42.5 Å². The molecule has 0 bridgehead atoms. The van der Waals surface area contributed by atoms with Gasteiger partial charge >= 0.3 is 0 Å². The number of amides is 2. The molecule has 0 radical (unpaired) electrons. The number of rotatable bonds is 8. The number of anilines is 1. The van der Waals surface area contributed by atoms with E-state index in [1.807, 2.05) is 0 Å². The van der Waals surface area contributed by atoms with Gasteiger partial charge < -0.3 is 19.7 Å². The van der Waals surface area contributed by atoms with Gasteiger partial charge in [-0.3, -0.25) is 14.4 Å². The summed E-state index contributed by atoms with van der Waals surface area (Å²) in [5, 5.41) is 2.79. The highest BCUT2D eigenvalue weighted by Crippen LogP contribution is 2.27. The molecular formula is C21H24N2O5. The lowest BCUT2D eigenvalue weighted by Gasteiger charge is -2.21. The molecule has 7 nitrogen and oxygen atoms in total. The van der Waals surface area contributed by atoms with Crippen LogP contribution in [0.4, 0.5) is 5.69 Å². The Morgan fingerprint density at radius 3 is 2.04 bits per heavy atom. The number of carbonyl (C=O) groups excluding carboxylic acids is 3. The van der Waals surface area contributed by atoms with Gasteiger partial charge in [-0.1, -0.05) is 0 Å². The van der Waals surface area contributed by atoms with Crippen LogP contribution in [-0.4, -0.2) is 44.9 Å². The van der Waals surface area contributed by atoms with Gasteiger partial charge in [-0.25, -0.2) is 0 Å². The second-order valence-electron chi connectivity index (χ2n) is 6.10. The maximum atomic E-state index is 12.4. The summed E-state index contributed by atoms with van der Waals surface area (Å²) in [5.74, 6) is 0.525. The third-order valence-electron chi connectivity index (χ3n) is 4.23. The van der Waals surface area contributed by atoms with Crippen molar-refractivity contribution in [2.45, 2.75) is 13.8 Å². The first kappa shape index (κ1) is 21.0. The summed E-state index contributed by atoms with van der Waals surface area (Å²) in [6.45, 7) is 3.51. The molecule has 0 unspecified atom stereocenters. The monoisotopic (exact) mass is 384 g/mol. The van der Waals surface area contributed by atoms with E-state index < -0.39 is 0 Å². The molecular weight excluding hydrogens is 360 g/mol. The van der Waals surface area contributed by atoms with E-state index in [2.05, 4.69) is 5.32 Å². The highest BCUT2D eigenvalue weighted by atomic mass is 16.5. The van der Waals surface area contributed by atoms with Gasteiger partial charge in [0.25, 0.3) is 5.91 Å². The maximum Gasteiger partial charge on any atom is 0.251 e. The lowest BCUT2D eigenvalue weighted by Crippen LogP contribution is -2.37. The van der Waals surface area contributed by atoms with Gasteiger partial charge in [0.2, 0.25) is 5.91 Å². The first-order valence-corrected chi connectivity index (χ1v) is 8.76. The van der Waals surface area contributed by atoms with E-state index in [9.17, 15) is 14.4 Å². The van der Waals surface area contributed by atoms with E-state index in [-0.39, 0.29) is 24.1 Å². The lowest BCUT2D eigenvalue weighted by atomic mass is 10.1. The molecule has 0 fully saturated rings. The van der Waals surface area contributed by atoms with Crippen LogP contribution in [0.25, 0.3) is 0 Å². The molecule has 0 aliphatic heterocycles. The van der Waals surface area contributed by atoms with E-state index >= 15 is 0 Å². The molecule has 7 heteroatoms. The molecule has 0 aromatic heterocycles. The Morgan fingerprint density at radius 2 is 1.50 bits per heavy atom. The Morgan fingerprint density at radius 1 is 0.893 bits per heavy atom. The topological polar surface area (TPSA) is 84.9 Å². The fourth-order valence-corrected chi connectivity index (χ4v) is 2.71. The van der Waals surface area contributed by atoms with Crippen molar-refractivity contribution in [3.05, 3.63) is 53.6 Å². The number of hydrogen-bond acceptors (Lipinski definition) is 5. The number of nitrogens with zero attached hydrogens (tertiary/aromatic N) is 1. The van der Waals surface area contributed by atoms with Crippen molar-refractivity contribution in [1.29, 1.82) is 0 Å². The molecule has 1 N–H and O–H groups in total. The van der Waals surface area contributed by atoms with Crippen LogP contribution in [0.1, 0.15) is 34.6 Å². The summed E-state index contributed by atoms with van der Waals surface area (Å²) in [4.78, 5) is 37.3. The summed E-state index contributed by atoms with van der Waals surface area (Å²) >= 11 is 0. The fourth-order valence-electron chi connectivity index (χ4n) is 2.71. The predicted molar refractivity (Wildman–Crippen MR) is 106 cm³/mol. The van der Waals surface area contributed by atoms with Gasteiger partial charge in [0.1, 0.15) is 0 Å². The number of carbonyl (C=O) groups is 3. The van der Waals surface area contributed by atoms with Gasteiger partial charge in [-0.15, -0.1) is 0 Å². The molecule has 2 aromatic carbocycles. The van der Waals surface area contributed by atoms with Crippen LogP contribution in [-0.2, 0) is 4.79 Å². The minimum absolute atomic E-state index is 0.0388. The Bertz CT molecular complexity index is 862. The number of ketones is 1. The van der Waals surface area contributed by atoms with E-state index in [0.717, 1.165) is 0 Å². The third-order valence-corrected chi connectivity index (χ3v) is 4.23. The average molecular weight is 384 g/mol. The zero-order chi connectivity index (χ0) is 20.7. The fraction of sp³-hybridized carbons (Fsp3) is 0.286. The number of nitrogens with one attached hydrogen (secondary N) is 1. The zero-order valence-corrected chi connectivity index (χ0v) is 16.4. The van der Waals surface area contributed by atoms with Crippen LogP contribution in [0.2, 0.25) is 0 Å². The van der Waals surface area contributed by atoms with E-state index in [4.69, 9.17) is 9.47 Å². The SMILES string of the molecule is COc1ccc(C(=O)NCCN(C(C)=O)c2ccc(C(C)=O)cc2)cc1OC. The number of Topliss-reactive ketones (excluding diaryl/α,β-unsaturated/α-hetero) is 1. The molecule has 148 valence electrons. The number of benzene rings is 2. The van der Waals surface area contributed by atoms with E-state index in [0.29, 0.717) is 34.9 Å². The first-order valence-electron chi connectivity index (χ1n) is 8.76. The summed E-state index contributed by atoms with van der Waals surface area (Å²) in [6, 6.07) is 11.7. The van der Waals surface area contributed by atoms with Crippen molar-refractivity contribution in [2.75, 3.05) is 32.2 Å². The molecule has 28 heavy (non-hydrogen) atoms. The van der Waals surface area contributed by atoms with Crippen molar-refractivity contribution < 1.29 is 23.9 Å². The van der Waals surface area contributed by atoms with Crippen molar-refractivity contribution in [1.82, 2.24) is 5.32 Å². The van der Waals surface area contributed by atoms with Gasteiger partial charge in [-0.05, 0) is 49.4 Å². The van der Waals surface area contributed by atoms with Gasteiger partial charge in [0.15, 0.2) is 17.3 Å². The molecule has 0 atom stereocenters. The van der Waals surface area contributed by atoms with E-state index in [1.165, 1.54) is 28.1 Å². The minimum Gasteiger partial charge on any atom is -0.493 e. The molecule has 0 saturated heterocycles. The Kier molecular flexibility index (Phi) is 7.14. The molecule has 2 rings (SSSR count). The smallest absolute Gasteiger partial charge is 0.251 e. The van der Waals surface area contributed by atoms with Gasteiger partial charge in [-0.2, -0.15) is 0 Å². The average Bonchev–Trinajstić information content (AvgIpc) is 2.70. The van der Waals surface area contributed by atoms with Crippen LogP contribution in [0.5, 0.6) is 11.5 Å². The molecule has 0 spiro atoms. The molecule has 0 heterocycles. The van der Waals surface area contributed by atoms with Crippen LogP contribution in [0.3, 0.4) is 0 Å². The quantitative estimate of drug-likeness (QED) is 0.708. The summed E-state index contributed by atoms with van der Waals surface area (Å²) in [5.41, 5.74) is 1.67. The second kappa shape index (κ2) is 9.55. The largest absolute Gasteiger partial charge is 0.493 e. The Hall–Kier alpha value is -3.35. The first-order chi connectivity index (χ1) is 13.4. The molecule has 0 saturated carbocycles. The van der Waals surface area contributed by atoms with Gasteiger partial charge in [0.05, 0.1) is 14.2 Å². The summed E-state index contributed by atoms with van der Waals surface area (Å²) in [7, 11) is 3.03. The summed E-state index contributed by atoms with van der Waals surface area (Å²) in [6.07, 6.45) is 0. The van der Waals surface area contributed by atoms with Crippen molar-refractivity contribution in [3.8, 4) is 11.5 Å². The molecule has 2 amide bonds. The highest BCUT2D eigenvalue weighted by Gasteiger charge is 2.14. The van der Waals surface area contributed by atoms with Crippen LogP contribution in [0, 0.1) is 0 Å². The van der Waals surface area contributed by atoms with Crippen LogP contribution >= 0.6 is 0 Å². The third kappa shape index (κ3) is 5.09. The minimum atomic E-state index is -0.281. The Balaban J connectivity index is 2.01. The standard InChI is InChI=1S/C21H24N2O5/c1-14(24)16-5-8-18(9-6-16)23(15(2)25)12-11-22-21(26)17-7-10-19(27-3)20(13-17)28-4/h5-10,13H,11-12H2,1-4H3,(H,22,26). The lowest BCUT2D eigenvalue weighted by molar-refractivity contribution is -0.116. The van der Waals surface area contributed by atoms with Gasteiger partial charge in [0, 0.05) is 36.8 Å². The Labute approximate surface area is 164 Å². The number of ether oxygens (including phenoxy) is 2. The van der Waals surface area contributed by atoms with E-state index in [1.54, 1.807) is 47.4 Å². The highest BCUT2D eigenvalue weighted by molar-refractivity contribution is 5.96. The van der Waals surface area contributed by atoms with Crippen molar-refractivity contribution >= 4 is 23.3 Å². The molecule has 0 aliphatic rings. The normalized spacial score (nSPS) is 10.1. The second-order valence-corrected chi connectivity index (χ2v) is 6.10. The zero-order valence-electron chi connectivity index (χ0n) is 16.4. The number of hydrogen-bond donors (Lipinski definition) is 1. The number of methoxy groups -OCH3 is 2. The molecule has 2 aromatic rings. The van der Waals surface area contributed by atoms with Crippen molar-refractivity contribution in [3.63, 3.8) is 0 Å². The predicted octanol–water partition coefficient (Wildman–Crippen LogP) is 2.69. The summed E-state index contributed by atoms with van der Waals surface area (Å²) < 4.78 is 10.4. The van der Waals surface area contributed by atoms with Crippen LogP contribution < -0.4 is 19.7 Å².